The normalized spacial score (nSPS) is 17.0. The standard InChI is InChI=1S/C16H23N3O4S/c1-3-11(2)14(15(17)20)18-24(22,23)13-7-4-6-12(10-13)16(21)19-8-5-9-19/h4,6-7,10-11,14,18H,3,5,8-9H2,1-2H3,(H2,17,20)/t11-,14-/m0/s1. The molecule has 2 atom stereocenters. The van der Waals surface area contributed by atoms with E-state index in [4.69, 9.17) is 5.73 Å². The van der Waals surface area contributed by atoms with Crippen molar-refractivity contribution in [3.8, 4) is 0 Å². The van der Waals surface area contributed by atoms with Crippen LogP contribution in [0.25, 0.3) is 0 Å². The van der Waals surface area contributed by atoms with E-state index in [1.54, 1.807) is 17.9 Å². The number of carbonyl (C=O) groups excluding carboxylic acids is 2. The van der Waals surface area contributed by atoms with Crippen molar-refractivity contribution in [2.75, 3.05) is 13.1 Å². The van der Waals surface area contributed by atoms with Gasteiger partial charge >= 0.3 is 0 Å². The van der Waals surface area contributed by atoms with Gasteiger partial charge in [0.2, 0.25) is 15.9 Å². The Morgan fingerprint density at radius 3 is 2.50 bits per heavy atom. The van der Waals surface area contributed by atoms with Crippen LogP contribution in [0.1, 0.15) is 37.0 Å². The van der Waals surface area contributed by atoms with Crippen molar-refractivity contribution in [3.05, 3.63) is 29.8 Å². The second-order valence-corrected chi connectivity index (χ2v) is 7.77. The topological polar surface area (TPSA) is 110 Å². The summed E-state index contributed by atoms with van der Waals surface area (Å²) >= 11 is 0. The Hall–Kier alpha value is -1.93. The van der Waals surface area contributed by atoms with Gasteiger partial charge in [0.1, 0.15) is 6.04 Å². The lowest BCUT2D eigenvalue weighted by atomic mass is 10.00. The van der Waals surface area contributed by atoms with Crippen LogP contribution >= 0.6 is 0 Å². The first-order valence-electron chi connectivity index (χ1n) is 7.97. The number of hydrogen-bond acceptors (Lipinski definition) is 4. The molecular weight excluding hydrogens is 330 g/mol. The van der Waals surface area contributed by atoms with E-state index < -0.39 is 22.0 Å². The van der Waals surface area contributed by atoms with Crippen LogP contribution < -0.4 is 10.5 Å². The average Bonchev–Trinajstić information content (AvgIpc) is 2.50. The Labute approximate surface area is 142 Å². The molecule has 1 saturated heterocycles. The highest BCUT2D eigenvalue weighted by molar-refractivity contribution is 7.89. The Bertz CT molecular complexity index is 729. The fraction of sp³-hybridized carbons (Fsp3) is 0.500. The number of sulfonamides is 1. The summed E-state index contributed by atoms with van der Waals surface area (Å²) in [4.78, 5) is 25.4. The number of hydrogen-bond donors (Lipinski definition) is 2. The van der Waals surface area contributed by atoms with Crippen LogP contribution in [0.3, 0.4) is 0 Å². The molecule has 132 valence electrons. The highest BCUT2D eigenvalue weighted by Gasteiger charge is 2.29. The number of nitrogens with one attached hydrogen (secondary N) is 1. The highest BCUT2D eigenvalue weighted by atomic mass is 32.2. The summed E-state index contributed by atoms with van der Waals surface area (Å²) in [7, 11) is -3.95. The Kier molecular flexibility index (Phi) is 5.61. The maximum Gasteiger partial charge on any atom is 0.253 e. The molecule has 0 radical (unpaired) electrons. The molecule has 0 saturated carbocycles. The zero-order valence-corrected chi connectivity index (χ0v) is 14.7. The van der Waals surface area contributed by atoms with Crippen molar-refractivity contribution in [1.29, 1.82) is 0 Å². The van der Waals surface area contributed by atoms with Gasteiger partial charge in [0.15, 0.2) is 0 Å². The van der Waals surface area contributed by atoms with Gasteiger partial charge in [-0.1, -0.05) is 26.3 Å². The van der Waals surface area contributed by atoms with E-state index in [9.17, 15) is 18.0 Å². The molecule has 1 aliphatic rings. The summed E-state index contributed by atoms with van der Waals surface area (Å²) in [6.07, 6.45) is 1.56. The molecule has 1 heterocycles. The lowest BCUT2D eigenvalue weighted by molar-refractivity contribution is -0.120. The van der Waals surface area contributed by atoms with Gasteiger partial charge < -0.3 is 10.6 Å². The number of nitrogens with zero attached hydrogens (tertiary/aromatic N) is 1. The maximum atomic E-state index is 12.6. The lowest BCUT2D eigenvalue weighted by Crippen LogP contribution is -2.48. The molecule has 1 aliphatic heterocycles. The van der Waals surface area contributed by atoms with Gasteiger partial charge in [0.25, 0.3) is 5.91 Å². The van der Waals surface area contributed by atoms with Crippen LogP contribution in [0.4, 0.5) is 0 Å². The Morgan fingerprint density at radius 2 is 2.00 bits per heavy atom. The van der Waals surface area contributed by atoms with Crippen LogP contribution in [0.15, 0.2) is 29.2 Å². The maximum absolute atomic E-state index is 12.6. The third-order valence-corrected chi connectivity index (χ3v) is 5.77. The fourth-order valence-corrected chi connectivity index (χ4v) is 3.78. The summed E-state index contributed by atoms with van der Waals surface area (Å²) in [6, 6.07) is 4.83. The SMILES string of the molecule is CC[C@H](C)[C@H](NS(=O)(=O)c1cccc(C(=O)N2CCC2)c1)C(N)=O. The zero-order chi connectivity index (χ0) is 17.9. The molecule has 1 aromatic rings. The lowest BCUT2D eigenvalue weighted by Gasteiger charge is -2.31. The number of rotatable bonds is 7. The molecule has 0 aromatic heterocycles. The zero-order valence-electron chi connectivity index (χ0n) is 13.9. The molecule has 2 rings (SSSR count). The van der Waals surface area contributed by atoms with Crippen molar-refractivity contribution >= 4 is 21.8 Å². The molecular formula is C16H23N3O4S. The third-order valence-electron chi connectivity index (χ3n) is 4.34. The summed E-state index contributed by atoms with van der Waals surface area (Å²) in [6.45, 7) is 4.97. The largest absolute Gasteiger partial charge is 0.368 e. The third kappa shape index (κ3) is 3.93. The molecule has 3 N–H and O–H groups in total. The number of likely N-dealkylation sites (tertiary alicyclic amines) is 1. The predicted molar refractivity (Wildman–Crippen MR) is 89.7 cm³/mol. The number of primary amides is 1. The summed E-state index contributed by atoms with van der Waals surface area (Å²) < 4.78 is 27.5. The molecule has 0 bridgehead atoms. The Balaban J connectivity index is 2.25. The van der Waals surface area contributed by atoms with Crippen LogP contribution in [0.5, 0.6) is 0 Å². The number of carbonyl (C=O) groups is 2. The quantitative estimate of drug-likeness (QED) is 0.752. The smallest absolute Gasteiger partial charge is 0.253 e. The van der Waals surface area contributed by atoms with E-state index in [-0.39, 0.29) is 16.7 Å². The molecule has 1 fully saturated rings. The van der Waals surface area contributed by atoms with Crippen LogP contribution in [-0.2, 0) is 14.8 Å². The van der Waals surface area contributed by atoms with Gasteiger partial charge in [-0.05, 0) is 30.5 Å². The van der Waals surface area contributed by atoms with Crippen molar-refractivity contribution in [1.82, 2.24) is 9.62 Å². The fourth-order valence-electron chi connectivity index (χ4n) is 2.42. The van der Waals surface area contributed by atoms with Crippen LogP contribution in [-0.4, -0.2) is 44.3 Å². The van der Waals surface area contributed by atoms with Gasteiger partial charge in [-0.2, -0.15) is 4.72 Å². The average molecular weight is 353 g/mol. The van der Waals surface area contributed by atoms with Crippen molar-refractivity contribution in [2.45, 2.75) is 37.6 Å². The molecule has 7 nitrogen and oxygen atoms in total. The van der Waals surface area contributed by atoms with E-state index in [1.165, 1.54) is 18.2 Å². The second-order valence-electron chi connectivity index (χ2n) is 6.06. The Morgan fingerprint density at radius 1 is 1.33 bits per heavy atom. The monoisotopic (exact) mass is 353 g/mol. The van der Waals surface area contributed by atoms with Gasteiger partial charge in [-0.15, -0.1) is 0 Å². The molecule has 24 heavy (non-hydrogen) atoms. The van der Waals surface area contributed by atoms with Crippen LogP contribution in [0.2, 0.25) is 0 Å². The molecule has 0 unspecified atom stereocenters. The van der Waals surface area contributed by atoms with Crippen molar-refractivity contribution in [3.63, 3.8) is 0 Å². The van der Waals surface area contributed by atoms with E-state index in [0.29, 0.717) is 25.1 Å². The predicted octanol–water partition coefficient (Wildman–Crippen LogP) is 0.711. The van der Waals surface area contributed by atoms with Crippen molar-refractivity contribution in [2.24, 2.45) is 11.7 Å². The van der Waals surface area contributed by atoms with E-state index in [0.717, 1.165) is 6.42 Å². The van der Waals surface area contributed by atoms with E-state index in [2.05, 4.69) is 4.72 Å². The molecule has 2 amide bonds. The van der Waals surface area contributed by atoms with Gasteiger partial charge in [-0.3, -0.25) is 9.59 Å². The van der Waals surface area contributed by atoms with E-state index >= 15 is 0 Å². The molecule has 1 aromatic carbocycles. The molecule has 0 aliphatic carbocycles. The first kappa shape index (κ1) is 18.4. The number of benzene rings is 1. The summed E-state index contributed by atoms with van der Waals surface area (Å²) in [5.74, 6) is -1.14. The molecule has 8 heteroatoms. The minimum atomic E-state index is -3.95. The van der Waals surface area contributed by atoms with Gasteiger partial charge in [0.05, 0.1) is 4.90 Å². The minimum absolute atomic E-state index is 0.0524. The van der Waals surface area contributed by atoms with Gasteiger partial charge in [0, 0.05) is 18.7 Å². The van der Waals surface area contributed by atoms with Gasteiger partial charge in [-0.25, -0.2) is 8.42 Å². The van der Waals surface area contributed by atoms with Crippen molar-refractivity contribution < 1.29 is 18.0 Å². The summed E-state index contributed by atoms with van der Waals surface area (Å²) in [5.41, 5.74) is 5.63. The highest BCUT2D eigenvalue weighted by Crippen LogP contribution is 2.18. The first-order chi connectivity index (χ1) is 11.3. The molecule has 0 spiro atoms. The number of amides is 2. The van der Waals surface area contributed by atoms with Crippen LogP contribution in [0, 0.1) is 5.92 Å². The second kappa shape index (κ2) is 7.31. The summed E-state index contributed by atoms with van der Waals surface area (Å²) in [5, 5.41) is 0. The van der Waals surface area contributed by atoms with E-state index in [1.807, 2.05) is 6.92 Å². The minimum Gasteiger partial charge on any atom is -0.368 e. The number of nitrogens with two attached hydrogens (primary N) is 1. The first-order valence-corrected chi connectivity index (χ1v) is 9.45.